The molecule has 0 heterocycles. The average Bonchev–Trinajstić information content (AvgIpc) is 2.84. The van der Waals surface area contributed by atoms with Crippen LogP contribution in [0, 0.1) is 22.7 Å². The number of hydrogen-bond donors (Lipinski definition) is 4. The Morgan fingerprint density at radius 1 is 1.21 bits per heavy atom. The van der Waals surface area contributed by atoms with Crippen LogP contribution in [0.4, 0.5) is 4.39 Å². The van der Waals surface area contributed by atoms with Crippen LogP contribution < -0.4 is 0 Å². The van der Waals surface area contributed by atoms with Crippen molar-refractivity contribution in [2.75, 3.05) is 6.61 Å². The van der Waals surface area contributed by atoms with Gasteiger partial charge in [-0.2, -0.15) is 0 Å². The molecule has 4 rings (SSSR count). The van der Waals surface area contributed by atoms with Crippen molar-refractivity contribution in [3.05, 3.63) is 11.6 Å². The van der Waals surface area contributed by atoms with Crippen molar-refractivity contribution in [3.63, 3.8) is 0 Å². The number of carbonyl (C=O) groups is 2. The van der Waals surface area contributed by atoms with E-state index in [1.165, 1.54) is 6.08 Å². The largest absolute Gasteiger partial charge is 0.390 e. The van der Waals surface area contributed by atoms with E-state index in [2.05, 4.69) is 0 Å². The number of rotatable bonds is 2. The molecule has 4 aliphatic rings. The van der Waals surface area contributed by atoms with Crippen LogP contribution >= 0.6 is 0 Å². The molecule has 0 aromatic carbocycles. The number of Topliss-reactive ketones (excluding diaryl/α,β-unsaturated/α-hetero) is 1. The molecule has 0 amide bonds. The van der Waals surface area contributed by atoms with E-state index < -0.39 is 58.5 Å². The highest BCUT2D eigenvalue weighted by molar-refractivity contribution is 5.92. The highest BCUT2D eigenvalue weighted by atomic mass is 19.1. The number of halogens is 1. The molecule has 3 fully saturated rings. The summed E-state index contributed by atoms with van der Waals surface area (Å²) in [6.45, 7) is 2.45. The van der Waals surface area contributed by atoms with Gasteiger partial charge in [-0.25, -0.2) is 4.39 Å². The van der Waals surface area contributed by atoms with E-state index in [1.807, 2.05) is 0 Å². The number of ketones is 2. The highest BCUT2D eigenvalue weighted by Crippen LogP contribution is 2.70. The van der Waals surface area contributed by atoms with E-state index in [-0.39, 0.29) is 25.0 Å². The topological polar surface area (TPSA) is 115 Å². The number of aliphatic hydroxyl groups excluding tert-OH is 3. The smallest absolute Gasteiger partial charge is 0.192 e. The summed E-state index contributed by atoms with van der Waals surface area (Å²) >= 11 is 0. The summed E-state index contributed by atoms with van der Waals surface area (Å²) in [5.74, 6) is -2.10. The zero-order chi connectivity index (χ0) is 20.7. The Labute approximate surface area is 163 Å². The minimum Gasteiger partial charge on any atom is -0.390 e. The Balaban J connectivity index is 1.83. The molecule has 3 saturated carbocycles. The molecule has 0 radical (unpaired) electrons. The van der Waals surface area contributed by atoms with Crippen LogP contribution in [0.2, 0.25) is 0 Å². The van der Waals surface area contributed by atoms with Gasteiger partial charge in [0.15, 0.2) is 17.2 Å². The van der Waals surface area contributed by atoms with Gasteiger partial charge in [0.05, 0.1) is 12.2 Å². The van der Waals surface area contributed by atoms with Crippen molar-refractivity contribution in [3.8, 4) is 0 Å². The third-order valence-corrected chi connectivity index (χ3v) is 8.83. The predicted octanol–water partition coefficient (Wildman–Crippen LogP) is 0.844. The molecule has 0 aliphatic heterocycles. The fraction of sp³-hybridized carbons (Fsp3) is 0.810. The van der Waals surface area contributed by atoms with Crippen molar-refractivity contribution < 1.29 is 34.4 Å². The summed E-state index contributed by atoms with van der Waals surface area (Å²) in [7, 11) is 0. The number of fused-ring (bicyclic) bond motifs is 5. The van der Waals surface area contributed by atoms with E-state index in [9.17, 15) is 30.0 Å². The predicted molar refractivity (Wildman–Crippen MR) is 96.9 cm³/mol. The second-order valence-corrected chi connectivity index (χ2v) is 9.72. The minimum atomic E-state index is -2.21. The van der Waals surface area contributed by atoms with Crippen LogP contribution in [-0.2, 0) is 9.59 Å². The number of allylic oxidation sites excluding steroid dienone is 1. The summed E-state index contributed by atoms with van der Waals surface area (Å²) in [6.07, 6.45) is -0.0824. The standard InChI is InChI=1S/C21H29FO6/c1-18-6-5-12(24)7-11(18)3-4-13-14-8-15(25)21(28,17(27)10-23)19(14,2)9-16(26)20(13,18)22/h7,13-16,23,25-26,28H,3-6,8-10H2,1-2H3/t13-,14-,15?,16-,18-,19-,20-,21-/m0/s1. The zero-order valence-corrected chi connectivity index (χ0v) is 16.3. The van der Waals surface area contributed by atoms with Gasteiger partial charge in [-0.1, -0.05) is 19.4 Å². The average molecular weight is 396 g/mol. The molecular weight excluding hydrogens is 367 g/mol. The third-order valence-electron chi connectivity index (χ3n) is 8.83. The molecular formula is C21H29FO6. The van der Waals surface area contributed by atoms with Gasteiger partial charge in [0.2, 0.25) is 0 Å². The molecule has 156 valence electrons. The van der Waals surface area contributed by atoms with Crippen LogP contribution in [0.1, 0.15) is 52.4 Å². The van der Waals surface area contributed by atoms with E-state index in [0.717, 1.165) is 5.57 Å². The summed E-state index contributed by atoms with van der Waals surface area (Å²) < 4.78 is 16.8. The highest BCUT2D eigenvalue weighted by Gasteiger charge is 2.76. The molecule has 4 aliphatic carbocycles. The maximum atomic E-state index is 16.8. The zero-order valence-electron chi connectivity index (χ0n) is 16.3. The van der Waals surface area contributed by atoms with E-state index >= 15 is 4.39 Å². The lowest BCUT2D eigenvalue weighted by Crippen LogP contribution is -2.70. The fourth-order valence-corrected chi connectivity index (χ4v) is 7.21. The Hall–Kier alpha value is -1.15. The fourth-order valence-electron chi connectivity index (χ4n) is 7.21. The van der Waals surface area contributed by atoms with E-state index in [4.69, 9.17) is 0 Å². The first-order valence-electron chi connectivity index (χ1n) is 10.1. The summed E-state index contributed by atoms with van der Waals surface area (Å²) in [6, 6.07) is 0. The first kappa shape index (κ1) is 20.1. The Kier molecular flexibility index (Phi) is 4.27. The van der Waals surface area contributed by atoms with Crippen LogP contribution in [-0.4, -0.2) is 62.1 Å². The molecule has 28 heavy (non-hydrogen) atoms. The van der Waals surface area contributed by atoms with Gasteiger partial charge in [0.1, 0.15) is 12.3 Å². The van der Waals surface area contributed by atoms with Crippen molar-refractivity contribution in [1.29, 1.82) is 0 Å². The monoisotopic (exact) mass is 396 g/mol. The summed E-state index contributed by atoms with van der Waals surface area (Å²) in [5.41, 5.74) is -5.72. The van der Waals surface area contributed by atoms with Crippen LogP contribution in [0.15, 0.2) is 11.6 Å². The molecule has 0 saturated heterocycles. The second kappa shape index (κ2) is 5.94. The summed E-state index contributed by atoms with van der Waals surface area (Å²) in [4.78, 5) is 24.3. The van der Waals surface area contributed by atoms with Crippen molar-refractivity contribution in [2.45, 2.75) is 75.9 Å². The summed E-state index contributed by atoms with van der Waals surface area (Å²) in [5, 5.41) is 42.2. The number of hydrogen-bond acceptors (Lipinski definition) is 6. The van der Waals surface area contributed by atoms with Crippen molar-refractivity contribution in [2.24, 2.45) is 22.7 Å². The first-order valence-corrected chi connectivity index (χ1v) is 10.1. The molecule has 1 unspecified atom stereocenters. The van der Waals surface area contributed by atoms with Crippen LogP contribution in [0.5, 0.6) is 0 Å². The van der Waals surface area contributed by atoms with Gasteiger partial charge in [0, 0.05) is 23.2 Å². The molecule has 0 aromatic heterocycles. The quantitative estimate of drug-likeness (QED) is 0.550. The molecule has 8 atom stereocenters. The second-order valence-electron chi connectivity index (χ2n) is 9.72. The number of alkyl halides is 1. The van der Waals surface area contributed by atoms with E-state index in [1.54, 1.807) is 13.8 Å². The van der Waals surface area contributed by atoms with Crippen LogP contribution in [0.25, 0.3) is 0 Å². The van der Waals surface area contributed by atoms with Gasteiger partial charge in [0.25, 0.3) is 0 Å². The Bertz CT molecular complexity index is 766. The van der Waals surface area contributed by atoms with Gasteiger partial charge >= 0.3 is 0 Å². The van der Waals surface area contributed by atoms with Gasteiger partial charge in [-0.15, -0.1) is 0 Å². The van der Waals surface area contributed by atoms with Gasteiger partial charge in [-0.3, -0.25) is 9.59 Å². The Morgan fingerprint density at radius 3 is 2.54 bits per heavy atom. The lowest BCUT2D eigenvalue weighted by molar-refractivity contribution is -0.230. The molecule has 7 heteroatoms. The molecule has 0 aromatic rings. The lowest BCUT2D eigenvalue weighted by atomic mass is 9.44. The molecule has 4 N–H and O–H groups in total. The normalized spacial score (nSPS) is 53.1. The SMILES string of the molecule is C[C@]12CCC(=O)C=C1CC[C@H]1[C@@H]3CC(O)[C@](O)(C(=O)CO)[C@@]3(C)C[C@H](O)[C@@]12F. The Morgan fingerprint density at radius 2 is 1.89 bits per heavy atom. The van der Waals surface area contributed by atoms with Gasteiger partial charge in [-0.05, 0) is 44.1 Å². The minimum absolute atomic E-state index is 0.0242. The molecule has 0 bridgehead atoms. The van der Waals surface area contributed by atoms with Crippen molar-refractivity contribution >= 4 is 11.6 Å². The molecule has 6 nitrogen and oxygen atoms in total. The first-order chi connectivity index (χ1) is 13.0. The van der Waals surface area contributed by atoms with Crippen LogP contribution in [0.3, 0.4) is 0 Å². The maximum Gasteiger partial charge on any atom is 0.192 e. The van der Waals surface area contributed by atoms with Gasteiger partial charge < -0.3 is 20.4 Å². The van der Waals surface area contributed by atoms with E-state index in [0.29, 0.717) is 19.3 Å². The maximum absolute atomic E-state index is 16.8. The third kappa shape index (κ3) is 2.06. The lowest BCUT2D eigenvalue weighted by Gasteiger charge is -2.63. The number of carbonyl (C=O) groups excluding carboxylic acids is 2. The molecule has 0 spiro atoms. The number of aliphatic hydroxyl groups is 4. The van der Waals surface area contributed by atoms with Crippen molar-refractivity contribution in [1.82, 2.24) is 0 Å².